The molecule has 1 aliphatic carbocycles. The van der Waals surface area contributed by atoms with Crippen molar-refractivity contribution in [2.24, 2.45) is 5.41 Å². The summed E-state index contributed by atoms with van der Waals surface area (Å²) in [4.78, 5) is 25.1. The fourth-order valence-electron chi connectivity index (χ4n) is 2.62. The maximum Gasteiger partial charge on any atom is 0.323 e. The lowest BCUT2D eigenvalue weighted by molar-refractivity contribution is -0.155. The zero-order valence-corrected chi connectivity index (χ0v) is 12.0. The first-order valence-electron chi connectivity index (χ1n) is 6.71. The molecule has 0 spiro atoms. The van der Waals surface area contributed by atoms with E-state index in [1.165, 1.54) is 11.3 Å². The van der Waals surface area contributed by atoms with Crippen molar-refractivity contribution in [3.63, 3.8) is 0 Å². The fraction of sp³-hybridized carbons (Fsp3) is 0.857. The Kier molecular flexibility index (Phi) is 4.41. The predicted molar refractivity (Wildman–Crippen MR) is 70.3 cm³/mol. The van der Waals surface area contributed by atoms with Crippen molar-refractivity contribution in [3.05, 3.63) is 0 Å². The molecule has 1 fully saturated rings. The normalized spacial score (nSPS) is 19.3. The molecule has 104 valence electrons. The minimum Gasteiger partial charge on any atom is -0.480 e. The van der Waals surface area contributed by atoms with E-state index in [4.69, 9.17) is 5.11 Å². The molecule has 0 atom stereocenters. The smallest absolute Gasteiger partial charge is 0.323 e. The SMILES string of the molecule is CC1(C(=O)N(CC(=O)O)C(C)(C)C)CCCCC1. The van der Waals surface area contributed by atoms with Gasteiger partial charge in [0.05, 0.1) is 0 Å². The van der Waals surface area contributed by atoms with Crippen LogP contribution < -0.4 is 0 Å². The molecule has 1 N–H and O–H groups in total. The second-order valence-corrected chi connectivity index (χ2v) is 6.58. The highest BCUT2D eigenvalue weighted by Gasteiger charge is 2.41. The summed E-state index contributed by atoms with van der Waals surface area (Å²) < 4.78 is 0. The maximum absolute atomic E-state index is 12.7. The Bertz CT molecular complexity index is 324. The molecule has 4 heteroatoms. The molecule has 1 aliphatic rings. The minimum absolute atomic E-state index is 0.00269. The van der Waals surface area contributed by atoms with E-state index in [1.807, 2.05) is 27.7 Å². The van der Waals surface area contributed by atoms with Crippen LogP contribution >= 0.6 is 0 Å². The highest BCUT2D eigenvalue weighted by Crippen LogP contribution is 2.38. The van der Waals surface area contributed by atoms with Crippen LogP contribution in [0.5, 0.6) is 0 Å². The average molecular weight is 255 g/mol. The highest BCUT2D eigenvalue weighted by atomic mass is 16.4. The molecule has 0 saturated heterocycles. The van der Waals surface area contributed by atoms with Crippen molar-refractivity contribution in [2.75, 3.05) is 6.54 Å². The monoisotopic (exact) mass is 255 g/mol. The van der Waals surface area contributed by atoms with Gasteiger partial charge >= 0.3 is 5.97 Å². The van der Waals surface area contributed by atoms with E-state index in [9.17, 15) is 9.59 Å². The van der Waals surface area contributed by atoms with Crippen molar-refractivity contribution in [3.8, 4) is 0 Å². The molecule has 0 aromatic heterocycles. The summed E-state index contributed by atoms with van der Waals surface area (Å²) in [7, 11) is 0. The van der Waals surface area contributed by atoms with Gasteiger partial charge < -0.3 is 10.0 Å². The fourth-order valence-corrected chi connectivity index (χ4v) is 2.62. The van der Waals surface area contributed by atoms with Gasteiger partial charge in [-0.25, -0.2) is 0 Å². The topological polar surface area (TPSA) is 57.6 Å². The molecular weight excluding hydrogens is 230 g/mol. The lowest BCUT2D eigenvalue weighted by Gasteiger charge is -2.42. The summed E-state index contributed by atoms with van der Waals surface area (Å²) in [6.07, 6.45) is 5.05. The predicted octanol–water partition coefficient (Wildman–Crippen LogP) is 2.67. The molecule has 0 aromatic carbocycles. The summed E-state index contributed by atoms with van der Waals surface area (Å²) in [5.74, 6) is -0.949. The first kappa shape index (κ1) is 15.0. The van der Waals surface area contributed by atoms with Gasteiger partial charge in [-0.15, -0.1) is 0 Å². The average Bonchev–Trinajstić information content (AvgIpc) is 2.24. The van der Waals surface area contributed by atoms with Crippen molar-refractivity contribution < 1.29 is 14.7 Å². The number of carboxylic acid groups (broad SMARTS) is 1. The van der Waals surface area contributed by atoms with Crippen molar-refractivity contribution in [1.29, 1.82) is 0 Å². The van der Waals surface area contributed by atoms with E-state index in [0.29, 0.717) is 0 Å². The van der Waals surface area contributed by atoms with E-state index in [1.54, 1.807) is 0 Å². The van der Waals surface area contributed by atoms with Gasteiger partial charge in [0.2, 0.25) is 5.91 Å². The van der Waals surface area contributed by atoms with Crippen LogP contribution in [-0.4, -0.2) is 34.0 Å². The van der Waals surface area contributed by atoms with Gasteiger partial charge in [-0.3, -0.25) is 9.59 Å². The van der Waals surface area contributed by atoms with Crippen LogP contribution in [0.4, 0.5) is 0 Å². The number of carbonyl (C=O) groups is 2. The first-order chi connectivity index (χ1) is 8.17. The lowest BCUT2D eigenvalue weighted by Crippen LogP contribution is -2.53. The first-order valence-corrected chi connectivity index (χ1v) is 6.71. The van der Waals surface area contributed by atoms with Crippen LogP contribution in [0.1, 0.15) is 59.8 Å². The van der Waals surface area contributed by atoms with Crippen LogP contribution in [0.2, 0.25) is 0 Å². The van der Waals surface area contributed by atoms with Crippen molar-refractivity contribution in [2.45, 2.75) is 65.3 Å². The molecule has 0 bridgehead atoms. The third kappa shape index (κ3) is 3.47. The largest absolute Gasteiger partial charge is 0.480 e. The Labute approximate surface area is 109 Å². The van der Waals surface area contributed by atoms with Crippen LogP contribution in [0.25, 0.3) is 0 Å². The molecule has 0 unspecified atom stereocenters. The van der Waals surface area contributed by atoms with Gasteiger partial charge in [0, 0.05) is 11.0 Å². The third-order valence-corrected chi connectivity index (χ3v) is 3.82. The van der Waals surface area contributed by atoms with Gasteiger partial charge in [0.25, 0.3) is 0 Å². The summed E-state index contributed by atoms with van der Waals surface area (Å²) in [5.41, 5.74) is -0.823. The van der Waals surface area contributed by atoms with Crippen LogP contribution in [0.15, 0.2) is 0 Å². The van der Waals surface area contributed by atoms with E-state index in [2.05, 4.69) is 0 Å². The number of carboxylic acids is 1. The molecule has 0 heterocycles. The van der Waals surface area contributed by atoms with Gasteiger partial charge in [0.15, 0.2) is 0 Å². The van der Waals surface area contributed by atoms with Crippen LogP contribution in [-0.2, 0) is 9.59 Å². The quantitative estimate of drug-likeness (QED) is 0.843. The summed E-state index contributed by atoms with van der Waals surface area (Å²) in [5, 5.41) is 8.98. The Hall–Kier alpha value is -1.06. The van der Waals surface area contributed by atoms with Gasteiger partial charge in [-0.05, 0) is 33.6 Å². The Morgan fingerprint density at radius 3 is 2.06 bits per heavy atom. The minimum atomic E-state index is -0.947. The van der Waals surface area contributed by atoms with Crippen LogP contribution in [0, 0.1) is 5.41 Å². The number of aliphatic carboxylic acids is 1. The number of amides is 1. The van der Waals surface area contributed by atoms with Crippen molar-refractivity contribution >= 4 is 11.9 Å². The lowest BCUT2D eigenvalue weighted by atomic mass is 9.74. The number of hydrogen-bond acceptors (Lipinski definition) is 2. The molecular formula is C14H25NO3. The maximum atomic E-state index is 12.7. The molecule has 0 aliphatic heterocycles. The standard InChI is InChI=1S/C14H25NO3/c1-13(2,3)15(10-11(16)17)12(18)14(4)8-6-5-7-9-14/h5-10H2,1-4H3,(H,16,17). The zero-order chi connectivity index (χ0) is 14.0. The summed E-state index contributed by atoms with van der Waals surface area (Å²) in [6.45, 7) is 7.44. The molecule has 1 rings (SSSR count). The second kappa shape index (κ2) is 5.29. The highest BCUT2D eigenvalue weighted by molar-refractivity contribution is 5.86. The Morgan fingerprint density at radius 1 is 1.17 bits per heavy atom. The molecule has 1 saturated carbocycles. The number of rotatable bonds is 3. The summed E-state index contributed by atoms with van der Waals surface area (Å²) in [6, 6.07) is 0. The van der Waals surface area contributed by atoms with Crippen molar-refractivity contribution in [1.82, 2.24) is 4.90 Å². The number of hydrogen-bond donors (Lipinski definition) is 1. The molecule has 18 heavy (non-hydrogen) atoms. The van der Waals surface area contributed by atoms with E-state index in [0.717, 1.165) is 25.7 Å². The van der Waals surface area contributed by atoms with Crippen LogP contribution in [0.3, 0.4) is 0 Å². The van der Waals surface area contributed by atoms with E-state index < -0.39 is 11.5 Å². The van der Waals surface area contributed by atoms with E-state index >= 15 is 0 Å². The van der Waals surface area contributed by atoms with Gasteiger partial charge in [0.1, 0.15) is 6.54 Å². The molecule has 0 radical (unpaired) electrons. The Balaban J connectivity index is 2.91. The van der Waals surface area contributed by atoms with E-state index in [-0.39, 0.29) is 17.9 Å². The second-order valence-electron chi connectivity index (χ2n) is 6.58. The van der Waals surface area contributed by atoms with Gasteiger partial charge in [-0.2, -0.15) is 0 Å². The molecule has 0 aromatic rings. The Morgan fingerprint density at radius 2 is 1.67 bits per heavy atom. The number of carbonyl (C=O) groups excluding carboxylic acids is 1. The molecule has 4 nitrogen and oxygen atoms in total. The molecule has 1 amide bonds. The zero-order valence-electron chi connectivity index (χ0n) is 12.0. The summed E-state index contributed by atoms with van der Waals surface area (Å²) >= 11 is 0. The third-order valence-electron chi connectivity index (χ3n) is 3.82. The van der Waals surface area contributed by atoms with Gasteiger partial charge in [-0.1, -0.05) is 26.2 Å². The number of nitrogens with zero attached hydrogens (tertiary/aromatic N) is 1.